The SMILES string of the molecule is COc1ccc(-c2cc(N)nc(-c3ccc(Nc4ccnc5cc(Cl)ccc45)cc3)c2)c2ccccc12. The number of anilines is 3. The Bertz CT molecular complexity index is 1770. The second kappa shape index (κ2) is 9.45. The van der Waals surface area contributed by atoms with Gasteiger partial charge in [-0.1, -0.05) is 54.1 Å². The fourth-order valence-electron chi connectivity index (χ4n) is 4.67. The van der Waals surface area contributed by atoms with Gasteiger partial charge < -0.3 is 15.8 Å². The molecule has 0 aliphatic heterocycles. The van der Waals surface area contributed by atoms with E-state index in [-0.39, 0.29) is 0 Å². The Morgan fingerprint density at radius 1 is 0.784 bits per heavy atom. The summed E-state index contributed by atoms with van der Waals surface area (Å²) < 4.78 is 5.57. The molecule has 0 saturated carbocycles. The van der Waals surface area contributed by atoms with Crippen LogP contribution < -0.4 is 15.8 Å². The normalized spacial score (nSPS) is 11.1. The fraction of sp³-hybridized carbons (Fsp3) is 0.0323. The average Bonchev–Trinajstić information content (AvgIpc) is 2.92. The number of hydrogen-bond donors (Lipinski definition) is 2. The lowest BCUT2D eigenvalue weighted by molar-refractivity contribution is 0.420. The third-order valence-corrected chi connectivity index (χ3v) is 6.66. The standard InChI is InChI=1S/C31H23ClN4O/c1-37-30-13-12-23(24-4-2-3-5-25(24)30)20-16-28(36-31(33)17-20)19-6-9-22(10-7-19)35-27-14-15-34-29-18-21(32)8-11-26(27)29/h2-18H,1H3,(H2,33,36)(H,34,35). The molecule has 0 atom stereocenters. The van der Waals surface area contributed by atoms with Crippen molar-refractivity contribution in [2.45, 2.75) is 0 Å². The van der Waals surface area contributed by atoms with Crippen LogP contribution >= 0.6 is 11.6 Å². The van der Waals surface area contributed by atoms with Gasteiger partial charge in [-0.25, -0.2) is 4.98 Å². The summed E-state index contributed by atoms with van der Waals surface area (Å²) in [4.78, 5) is 9.03. The second-order valence-corrected chi connectivity index (χ2v) is 9.19. The number of nitrogens with one attached hydrogen (secondary N) is 1. The topological polar surface area (TPSA) is 73.1 Å². The zero-order chi connectivity index (χ0) is 25.4. The van der Waals surface area contributed by atoms with Crippen molar-refractivity contribution in [3.8, 4) is 28.1 Å². The van der Waals surface area contributed by atoms with Crippen LogP contribution in [0.25, 0.3) is 44.1 Å². The smallest absolute Gasteiger partial charge is 0.126 e. The molecule has 2 heterocycles. The lowest BCUT2D eigenvalue weighted by atomic mass is 9.96. The van der Waals surface area contributed by atoms with E-state index < -0.39 is 0 Å². The lowest BCUT2D eigenvalue weighted by Gasteiger charge is -2.13. The number of ether oxygens (including phenoxy) is 1. The highest BCUT2D eigenvalue weighted by molar-refractivity contribution is 6.31. The molecule has 0 aliphatic carbocycles. The minimum absolute atomic E-state index is 0.469. The van der Waals surface area contributed by atoms with Crippen LogP contribution in [0.3, 0.4) is 0 Å². The molecule has 0 fully saturated rings. The van der Waals surface area contributed by atoms with Crippen LogP contribution in [0.2, 0.25) is 5.02 Å². The van der Waals surface area contributed by atoms with Gasteiger partial charge in [0, 0.05) is 38.9 Å². The van der Waals surface area contributed by atoms with E-state index >= 15 is 0 Å². The quantitative estimate of drug-likeness (QED) is 0.249. The molecule has 37 heavy (non-hydrogen) atoms. The van der Waals surface area contributed by atoms with Crippen LogP contribution in [-0.4, -0.2) is 17.1 Å². The van der Waals surface area contributed by atoms with E-state index in [1.807, 2.05) is 72.8 Å². The summed E-state index contributed by atoms with van der Waals surface area (Å²) >= 11 is 6.13. The zero-order valence-electron chi connectivity index (χ0n) is 20.1. The van der Waals surface area contributed by atoms with Gasteiger partial charge in [-0.05, 0) is 71.1 Å². The van der Waals surface area contributed by atoms with Crippen molar-refractivity contribution in [2.75, 3.05) is 18.2 Å². The molecule has 180 valence electrons. The largest absolute Gasteiger partial charge is 0.496 e. The minimum atomic E-state index is 0.469. The summed E-state index contributed by atoms with van der Waals surface area (Å²) in [5.41, 5.74) is 12.9. The Morgan fingerprint density at radius 3 is 2.41 bits per heavy atom. The van der Waals surface area contributed by atoms with Crippen molar-refractivity contribution in [1.82, 2.24) is 9.97 Å². The number of nitrogens with zero attached hydrogens (tertiary/aromatic N) is 2. The number of fused-ring (bicyclic) bond motifs is 2. The van der Waals surface area contributed by atoms with E-state index in [2.05, 4.69) is 39.6 Å². The van der Waals surface area contributed by atoms with Gasteiger partial charge >= 0.3 is 0 Å². The average molecular weight is 503 g/mol. The Balaban J connectivity index is 1.34. The van der Waals surface area contributed by atoms with Gasteiger partial charge in [0.25, 0.3) is 0 Å². The van der Waals surface area contributed by atoms with Crippen molar-refractivity contribution >= 4 is 50.5 Å². The fourth-order valence-corrected chi connectivity index (χ4v) is 4.83. The number of nitrogen functional groups attached to an aromatic ring is 1. The number of nitrogens with two attached hydrogens (primary N) is 1. The maximum atomic E-state index is 6.27. The maximum absolute atomic E-state index is 6.27. The molecule has 0 aliphatic rings. The van der Waals surface area contributed by atoms with E-state index in [1.54, 1.807) is 13.3 Å². The monoisotopic (exact) mass is 502 g/mol. The van der Waals surface area contributed by atoms with Gasteiger partial charge in [0.2, 0.25) is 0 Å². The molecular formula is C31H23ClN4O. The molecule has 6 heteroatoms. The summed E-state index contributed by atoms with van der Waals surface area (Å²) in [6, 6.07) is 32.1. The highest BCUT2D eigenvalue weighted by atomic mass is 35.5. The number of hydrogen-bond acceptors (Lipinski definition) is 5. The van der Waals surface area contributed by atoms with Crippen molar-refractivity contribution in [2.24, 2.45) is 0 Å². The van der Waals surface area contributed by atoms with Crippen LogP contribution in [0.4, 0.5) is 17.2 Å². The van der Waals surface area contributed by atoms with Gasteiger partial charge in [-0.2, -0.15) is 0 Å². The predicted molar refractivity (Wildman–Crippen MR) is 154 cm³/mol. The van der Waals surface area contributed by atoms with Gasteiger partial charge in [0.05, 0.1) is 18.3 Å². The van der Waals surface area contributed by atoms with Gasteiger partial charge in [-0.3, -0.25) is 4.98 Å². The minimum Gasteiger partial charge on any atom is -0.496 e. The number of aromatic nitrogens is 2. The van der Waals surface area contributed by atoms with Crippen LogP contribution in [-0.2, 0) is 0 Å². The molecule has 6 aromatic rings. The van der Waals surface area contributed by atoms with Crippen molar-refractivity contribution in [3.63, 3.8) is 0 Å². The molecule has 2 aromatic heterocycles. The molecule has 0 amide bonds. The van der Waals surface area contributed by atoms with Crippen molar-refractivity contribution in [1.29, 1.82) is 0 Å². The molecule has 5 nitrogen and oxygen atoms in total. The first-order valence-corrected chi connectivity index (χ1v) is 12.2. The number of pyridine rings is 2. The molecule has 0 unspecified atom stereocenters. The molecule has 6 rings (SSSR count). The van der Waals surface area contributed by atoms with Gasteiger partial charge in [0.1, 0.15) is 11.6 Å². The summed E-state index contributed by atoms with van der Waals surface area (Å²) in [6.45, 7) is 0. The van der Waals surface area contributed by atoms with E-state index in [0.717, 1.165) is 61.2 Å². The Hall–Kier alpha value is -4.61. The lowest BCUT2D eigenvalue weighted by Crippen LogP contribution is -1.96. The first kappa shape index (κ1) is 22.8. The molecule has 0 bridgehead atoms. The first-order valence-electron chi connectivity index (χ1n) is 11.8. The Kier molecular flexibility index (Phi) is 5.83. The highest BCUT2D eigenvalue weighted by Crippen LogP contribution is 2.36. The maximum Gasteiger partial charge on any atom is 0.126 e. The summed E-state index contributed by atoms with van der Waals surface area (Å²) in [7, 11) is 1.69. The molecule has 0 radical (unpaired) electrons. The first-order chi connectivity index (χ1) is 18.1. The molecule has 3 N–H and O–H groups in total. The Morgan fingerprint density at radius 2 is 1.59 bits per heavy atom. The van der Waals surface area contributed by atoms with Crippen LogP contribution in [0.15, 0.2) is 103 Å². The van der Waals surface area contributed by atoms with E-state index in [1.165, 1.54) is 0 Å². The number of halogens is 1. The molecule has 0 saturated heterocycles. The summed E-state index contributed by atoms with van der Waals surface area (Å²) in [6.07, 6.45) is 1.77. The number of benzene rings is 4. The molecule has 4 aromatic carbocycles. The molecular weight excluding hydrogens is 480 g/mol. The third-order valence-electron chi connectivity index (χ3n) is 6.42. The Labute approximate surface area is 219 Å². The molecule has 0 spiro atoms. The predicted octanol–water partition coefficient (Wildman–Crippen LogP) is 8.10. The van der Waals surface area contributed by atoms with Crippen molar-refractivity contribution in [3.05, 3.63) is 108 Å². The second-order valence-electron chi connectivity index (χ2n) is 8.75. The van der Waals surface area contributed by atoms with Crippen LogP contribution in [0.5, 0.6) is 5.75 Å². The summed E-state index contributed by atoms with van der Waals surface area (Å²) in [5.74, 6) is 1.31. The van der Waals surface area contributed by atoms with Crippen LogP contribution in [0, 0.1) is 0 Å². The van der Waals surface area contributed by atoms with Crippen molar-refractivity contribution < 1.29 is 4.74 Å². The van der Waals surface area contributed by atoms with Gasteiger partial charge in [0.15, 0.2) is 0 Å². The van der Waals surface area contributed by atoms with Crippen LogP contribution in [0.1, 0.15) is 0 Å². The number of methoxy groups -OCH3 is 1. The zero-order valence-corrected chi connectivity index (χ0v) is 20.8. The number of rotatable bonds is 5. The third kappa shape index (κ3) is 4.41. The van der Waals surface area contributed by atoms with E-state index in [4.69, 9.17) is 22.1 Å². The van der Waals surface area contributed by atoms with E-state index in [0.29, 0.717) is 10.8 Å². The highest BCUT2D eigenvalue weighted by Gasteiger charge is 2.11. The van der Waals surface area contributed by atoms with Gasteiger partial charge in [-0.15, -0.1) is 0 Å². The summed E-state index contributed by atoms with van der Waals surface area (Å²) in [5, 5.41) is 7.31. The van der Waals surface area contributed by atoms with E-state index in [9.17, 15) is 0 Å².